The number of benzene rings is 1. The number of urea groups is 1. The molecule has 0 spiro atoms. The van der Waals surface area contributed by atoms with Gasteiger partial charge in [0, 0.05) is 12.5 Å². The average Bonchev–Trinajstić information content (AvgIpc) is 2.36. The van der Waals surface area contributed by atoms with Gasteiger partial charge in [-0.15, -0.1) is 0 Å². The standard InChI is InChI=1S/C16H22N2O3/c1-16(2,3)10-11-9-14(19)18(15(20)17-11)12-7-5-6-8-13(12)21-4/h5-8,11H,9-10H2,1-4H3,(H,17,20). The topological polar surface area (TPSA) is 58.6 Å². The van der Waals surface area contributed by atoms with Gasteiger partial charge in [0.2, 0.25) is 5.91 Å². The minimum Gasteiger partial charge on any atom is -0.495 e. The molecule has 5 heteroatoms. The lowest BCUT2D eigenvalue weighted by Gasteiger charge is -2.34. The van der Waals surface area contributed by atoms with Gasteiger partial charge in [0.1, 0.15) is 5.75 Å². The van der Waals surface area contributed by atoms with Crippen molar-refractivity contribution in [2.24, 2.45) is 5.41 Å². The minimum atomic E-state index is -0.384. The Morgan fingerprint density at radius 1 is 1.29 bits per heavy atom. The van der Waals surface area contributed by atoms with Gasteiger partial charge in [-0.2, -0.15) is 0 Å². The van der Waals surface area contributed by atoms with E-state index >= 15 is 0 Å². The summed E-state index contributed by atoms with van der Waals surface area (Å²) in [6, 6.07) is 6.52. The fourth-order valence-electron chi connectivity index (χ4n) is 2.63. The van der Waals surface area contributed by atoms with Gasteiger partial charge in [-0.05, 0) is 24.0 Å². The van der Waals surface area contributed by atoms with Crippen LogP contribution in [-0.4, -0.2) is 25.1 Å². The van der Waals surface area contributed by atoms with Crippen LogP contribution in [0.4, 0.5) is 10.5 Å². The first-order valence-electron chi connectivity index (χ1n) is 7.08. The van der Waals surface area contributed by atoms with Crippen molar-refractivity contribution < 1.29 is 14.3 Å². The molecule has 0 bridgehead atoms. The van der Waals surface area contributed by atoms with Gasteiger partial charge >= 0.3 is 6.03 Å². The van der Waals surface area contributed by atoms with Crippen LogP contribution < -0.4 is 15.0 Å². The van der Waals surface area contributed by atoms with E-state index in [2.05, 4.69) is 26.1 Å². The molecule has 5 nitrogen and oxygen atoms in total. The Balaban J connectivity index is 2.21. The van der Waals surface area contributed by atoms with E-state index in [-0.39, 0.29) is 23.4 Å². The molecule has 3 amide bonds. The Kier molecular flexibility index (Phi) is 4.21. The predicted octanol–water partition coefficient (Wildman–Crippen LogP) is 2.95. The number of imide groups is 1. The molecule has 0 aromatic heterocycles. The summed E-state index contributed by atoms with van der Waals surface area (Å²) in [5.74, 6) is 0.313. The van der Waals surface area contributed by atoms with E-state index in [1.807, 2.05) is 0 Å². The number of hydrogen-bond donors (Lipinski definition) is 1. The number of carbonyl (C=O) groups is 2. The Hall–Kier alpha value is -2.04. The van der Waals surface area contributed by atoms with Crippen LogP contribution in [-0.2, 0) is 4.79 Å². The summed E-state index contributed by atoms with van der Waals surface area (Å²) in [4.78, 5) is 25.9. The van der Waals surface area contributed by atoms with E-state index in [4.69, 9.17) is 4.74 Å². The monoisotopic (exact) mass is 290 g/mol. The van der Waals surface area contributed by atoms with Crippen molar-refractivity contribution in [1.82, 2.24) is 5.32 Å². The Bertz CT molecular complexity index is 531. The number of para-hydroxylation sites is 2. The smallest absolute Gasteiger partial charge is 0.329 e. The van der Waals surface area contributed by atoms with Gasteiger partial charge in [0.25, 0.3) is 0 Å². The van der Waals surface area contributed by atoms with Crippen molar-refractivity contribution in [2.75, 3.05) is 12.0 Å². The number of anilines is 1. The molecule has 21 heavy (non-hydrogen) atoms. The van der Waals surface area contributed by atoms with Gasteiger partial charge in [0.15, 0.2) is 0 Å². The van der Waals surface area contributed by atoms with Crippen LogP contribution in [0.3, 0.4) is 0 Å². The quantitative estimate of drug-likeness (QED) is 0.931. The van der Waals surface area contributed by atoms with Crippen LogP contribution in [0.1, 0.15) is 33.6 Å². The van der Waals surface area contributed by atoms with Gasteiger partial charge in [-0.1, -0.05) is 32.9 Å². The molecule has 1 N–H and O–H groups in total. The molecule has 1 aliphatic heterocycles. The van der Waals surface area contributed by atoms with Gasteiger partial charge in [-0.3, -0.25) is 4.79 Å². The molecular weight excluding hydrogens is 268 g/mol. The maximum Gasteiger partial charge on any atom is 0.329 e. The minimum absolute atomic E-state index is 0.0604. The van der Waals surface area contributed by atoms with Crippen molar-refractivity contribution in [1.29, 1.82) is 0 Å². The number of carbonyl (C=O) groups excluding carboxylic acids is 2. The second-order valence-electron chi connectivity index (χ2n) is 6.52. The third kappa shape index (κ3) is 3.54. The van der Waals surface area contributed by atoms with E-state index in [1.54, 1.807) is 24.3 Å². The van der Waals surface area contributed by atoms with E-state index in [0.29, 0.717) is 17.9 Å². The molecular formula is C16H22N2O3. The van der Waals surface area contributed by atoms with Gasteiger partial charge in [-0.25, -0.2) is 9.69 Å². The fraction of sp³-hybridized carbons (Fsp3) is 0.500. The maximum atomic E-state index is 12.4. The van der Waals surface area contributed by atoms with E-state index in [1.165, 1.54) is 7.11 Å². The Morgan fingerprint density at radius 2 is 1.95 bits per heavy atom. The van der Waals surface area contributed by atoms with Crippen molar-refractivity contribution in [3.05, 3.63) is 24.3 Å². The van der Waals surface area contributed by atoms with E-state index in [9.17, 15) is 9.59 Å². The number of rotatable bonds is 3. The van der Waals surface area contributed by atoms with Gasteiger partial charge in [0.05, 0.1) is 12.8 Å². The third-order valence-corrected chi connectivity index (χ3v) is 3.39. The lowest BCUT2D eigenvalue weighted by atomic mass is 9.86. The van der Waals surface area contributed by atoms with Crippen molar-refractivity contribution in [3.63, 3.8) is 0 Å². The zero-order valence-electron chi connectivity index (χ0n) is 13.0. The molecule has 1 aromatic carbocycles. The average molecular weight is 290 g/mol. The normalized spacial score (nSPS) is 19.4. The predicted molar refractivity (Wildman–Crippen MR) is 81.5 cm³/mol. The summed E-state index contributed by atoms with van der Waals surface area (Å²) < 4.78 is 5.23. The zero-order valence-corrected chi connectivity index (χ0v) is 13.0. The molecule has 1 saturated heterocycles. The number of ether oxygens (including phenoxy) is 1. The third-order valence-electron chi connectivity index (χ3n) is 3.39. The van der Waals surface area contributed by atoms with Crippen LogP contribution in [0.15, 0.2) is 24.3 Å². The number of nitrogens with zero attached hydrogens (tertiary/aromatic N) is 1. The molecule has 114 valence electrons. The molecule has 1 atom stereocenters. The molecule has 0 radical (unpaired) electrons. The molecule has 1 aliphatic rings. The second kappa shape index (κ2) is 5.76. The summed E-state index contributed by atoms with van der Waals surface area (Å²) >= 11 is 0. The lowest BCUT2D eigenvalue weighted by molar-refractivity contribution is -0.119. The van der Waals surface area contributed by atoms with Crippen LogP contribution >= 0.6 is 0 Å². The molecule has 0 saturated carbocycles. The van der Waals surface area contributed by atoms with Crippen molar-refractivity contribution >= 4 is 17.6 Å². The first-order valence-corrected chi connectivity index (χ1v) is 7.08. The fourth-order valence-corrected chi connectivity index (χ4v) is 2.63. The molecule has 0 aliphatic carbocycles. The molecule has 1 heterocycles. The van der Waals surface area contributed by atoms with Crippen molar-refractivity contribution in [3.8, 4) is 5.75 Å². The highest BCUT2D eigenvalue weighted by molar-refractivity contribution is 6.16. The largest absolute Gasteiger partial charge is 0.495 e. The summed E-state index contributed by atoms with van der Waals surface area (Å²) in [5, 5.41) is 2.91. The first kappa shape index (κ1) is 15.4. The highest BCUT2D eigenvalue weighted by atomic mass is 16.5. The summed E-state index contributed by atoms with van der Waals surface area (Å²) in [5.41, 5.74) is 0.543. The Labute approximate surface area is 125 Å². The lowest BCUT2D eigenvalue weighted by Crippen LogP contribution is -2.55. The zero-order chi connectivity index (χ0) is 15.6. The Morgan fingerprint density at radius 3 is 2.52 bits per heavy atom. The van der Waals surface area contributed by atoms with Crippen molar-refractivity contribution in [2.45, 2.75) is 39.7 Å². The number of methoxy groups -OCH3 is 1. The van der Waals surface area contributed by atoms with Gasteiger partial charge < -0.3 is 10.1 Å². The van der Waals surface area contributed by atoms with Crippen LogP contribution in [0.5, 0.6) is 5.75 Å². The summed E-state index contributed by atoms with van der Waals surface area (Å²) in [7, 11) is 1.52. The highest BCUT2D eigenvalue weighted by Crippen LogP contribution is 2.31. The number of hydrogen-bond acceptors (Lipinski definition) is 3. The second-order valence-corrected chi connectivity index (χ2v) is 6.52. The maximum absolute atomic E-state index is 12.4. The number of nitrogens with one attached hydrogen (secondary N) is 1. The number of amides is 3. The summed E-state index contributed by atoms with van der Waals surface area (Å²) in [6.07, 6.45) is 1.07. The van der Waals surface area contributed by atoms with Crippen LogP contribution in [0, 0.1) is 5.41 Å². The molecule has 2 rings (SSSR count). The van der Waals surface area contributed by atoms with E-state index < -0.39 is 0 Å². The molecule has 1 unspecified atom stereocenters. The summed E-state index contributed by atoms with van der Waals surface area (Å²) in [6.45, 7) is 6.28. The molecule has 1 fully saturated rings. The van der Waals surface area contributed by atoms with Crippen LogP contribution in [0.25, 0.3) is 0 Å². The van der Waals surface area contributed by atoms with Crippen LogP contribution in [0.2, 0.25) is 0 Å². The highest BCUT2D eigenvalue weighted by Gasteiger charge is 2.35. The first-order chi connectivity index (χ1) is 9.81. The van der Waals surface area contributed by atoms with E-state index in [0.717, 1.165) is 11.3 Å². The SMILES string of the molecule is COc1ccccc1N1C(=O)CC(CC(C)(C)C)NC1=O. The molecule has 1 aromatic rings.